The SMILES string of the molecule is OC(c1ccc([B-](F)(F)F)cc1)c1cccs1.[K+]. The van der Waals surface area contributed by atoms with Crippen LogP contribution in [0.1, 0.15) is 16.5 Å². The van der Waals surface area contributed by atoms with Crippen molar-refractivity contribution in [2.75, 3.05) is 0 Å². The molecule has 1 heterocycles. The van der Waals surface area contributed by atoms with Crippen molar-refractivity contribution in [3.8, 4) is 0 Å². The standard InChI is InChI=1S/C11H9BF3OS.K/c13-12(14,15)9-5-3-8(4-6-9)11(16)10-2-1-7-17-10;/h1-7,11,16H;/q-1;+1. The normalized spacial score (nSPS) is 12.9. The number of aliphatic hydroxyl groups excluding tert-OH is 1. The van der Waals surface area contributed by atoms with E-state index in [0.29, 0.717) is 5.56 Å². The Bertz CT molecular complexity index is 484. The molecule has 1 aromatic heterocycles. The zero-order chi connectivity index (χ0) is 12.5. The fourth-order valence-corrected chi connectivity index (χ4v) is 2.24. The van der Waals surface area contributed by atoms with Gasteiger partial charge in [-0.1, -0.05) is 30.3 Å². The molecule has 0 amide bonds. The number of rotatable bonds is 3. The van der Waals surface area contributed by atoms with E-state index < -0.39 is 18.5 Å². The molecule has 0 saturated carbocycles. The summed E-state index contributed by atoms with van der Waals surface area (Å²) in [6, 6.07) is 8.18. The van der Waals surface area contributed by atoms with Crippen molar-refractivity contribution in [3.05, 3.63) is 52.2 Å². The third-order valence-electron chi connectivity index (χ3n) is 2.44. The van der Waals surface area contributed by atoms with Crippen molar-refractivity contribution in [1.82, 2.24) is 0 Å². The van der Waals surface area contributed by atoms with Gasteiger partial charge in [0.2, 0.25) is 0 Å². The van der Waals surface area contributed by atoms with Crippen LogP contribution in [0, 0.1) is 0 Å². The molecule has 18 heavy (non-hydrogen) atoms. The van der Waals surface area contributed by atoms with Gasteiger partial charge in [-0.05, 0) is 17.0 Å². The maximum Gasteiger partial charge on any atom is 1.00 e. The Morgan fingerprint density at radius 2 is 1.67 bits per heavy atom. The van der Waals surface area contributed by atoms with Crippen molar-refractivity contribution in [3.63, 3.8) is 0 Å². The third-order valence-corrected chi connectivity index (χ3v) is 3.37. The molecule has 1 aromatic carbocycles. The van der Waals surface area contributed by atoms with Crippen LogP contribution in [0.3, 0.4) is 0 Å². The zero-order valence-corrected chi connectivity index (χ0v) is 13.6. The molecule has 2 rings (SSSR count). The van der Waals surface area contributed by atoms with Crippen LogP contribution in [-0.2, 0) is 0 Å². The van der Waals surface area contributed by atoms with Crippen molar-refractivity contribution >= 4 is 23.8 Å². The average Bonchev–Trinajstić information content (AvgIpc) is 2.80. The molecule has 0 saturated heterocycles. The molecule has 0 aliphatic carbocycles. The molecule has 0 fully saturated rings. The predicted octanol–water partition coefficient (Wildman–Crippen LogP) is -0.112. The smallest absolute Gasteiger partial charge is 0.445 e. The van der Waals surface area contributed by atoms with Crippen LogP contribution >= 0.6 is 11.3 Å². The maximum atomic E-state index is 12.4. The molecule has 0 spiro atoms. The number of thiophene rings is 1. The van der Waals surface area contributed by atoms with E-state index in [1.54, 1.807) is 12.1 Å². The van der Waals surface area contributed by atoms with Crippen molar-refractivity contribution in [2.24, 2.45) is 0 Å². The second-order valence-electron chi connectivity index (χ2n) is 3.66. The average molecular weight is 296 g/mol. The quantitative estimate of drug-likeness (QED) is 0.784. The summed E-state index contributed by atoms with van der Waals surface area (Å²) in [5.74, 6) is 0. The summed E-state index contributed by atoms with van der Waals surface area (Å²) in [4.78, 5) is 0.718. The minimum Gasteiger partial charge on any atom is -0.445 e. The van der Waals surface area contributed by atoms with Crippen molar-refractivity contribution < 1.29 is 69.4 Å². The van der Waals surface area contributed by atoms with E-state index in [0.717, 1.165) is 17.0 Å². The fraction of sp³-hybridized carbons (Fsp3) is 0.0909. The fourth-order valence-electron chi connectivity index (χ4n) is 1.51. The predicted molar refractivity (Wildman–Crippen MR) is 63.5 cm³/mol. The van der Waals surface area contributed by atoms with Gasteiger partial charge < -0.3 is 18.1 Å². The molecule has 1 nitrogen and oxygen atoms in total. The Balaban J connectivity index is 0.00000162. The molecule has 1 atom stereocenters. The van der Waals surface area contributed by atoms with E-state index in [2.05, 4.69) is 0 Å². The number of aliphatic hydroxyl groups is 1. The molecule has 0 aliphatic rings. The molecular weight excluding hydrogens is 287 g/mol. The van der Waals surface area contributed by atoms with Crippen LogP contribution in [-0.4, -0.2) is 12.1 Å². The van der Waals surface area contributed by atoms with E-state index >= 15 is 0 Å². The van der Waals surface area contributed by atoms with Gasteiger partial charge in [-0.15, -0.1) is 16.8 Å². The Hall–Kier alpha value is 0.371. The van der Waals surface area contributed by atoms with E-state index in [1.165, 1.54) is 23.5 Å². The third kappa shape index (κ3) is 3.93. The van der Waals surface area contributed by atoms with Crippen LogP contribution in [0.5, 0.6) is 0 Å². The minimum absolute atomic E-state index is 0. The first-order chi connectivity index (χ1) is 7.98. The monoisotopic (exact) mass is 296 g/mol. The Morgan fingerprint density at radius 1 is 1.06 bits per heavy atom. The van der Waals surface area contributed by atoms with Gasteiger partial charge >= 0.3 is 58.4 Å². The van der Waals surface area contributed by atoms with Gasteiger partial charge in [-0.25, -0.2) is 0 Å². The van der Waals surface area contributed by atoms with Gasteiger partial charge in [0.1, 0.15) is 6.10 Å². The van der Waals surface area contributed by atoms with Gasteiger partial charge in [0.25, 0.3) is 0 Å². The molecule has 0 aliphatic heterocycles. The molecule has 7 heteroatoms. The summed E-state index contributed by atoms with van der Waals surface area (Å²) in [7, 11) is 0. The summed E-state index contributed by atoms with van der Waals surface area (Å²) in [5, 5.41) is 11.7. The van der Waals surface area contributed by atoms with Crippen molar-refractivity contribution in [1.29, 1.82) is 0 Å². The first-order valence-corrected chi connectivity index (χ1v) is 5.88. The minimum atomic E-state index is -4.97. The molecule has 0 bridgehead atoms. The van der Waals surface area contributed by atoms with E-state index in [1.807, 2.05) is 5.38 Å². The zero-order valence-electron chi connectivity index (χ0n) is 9.69. The van der Waals surface area contributed by atoms with Gasteiger partial charge in [-0.3, -0.25) is 0 Å². The van der Waals surface area contributed by atoms with Crippen LogP contribution < -0.4 is 56.8 Å². The van der Waals surface area contributed by atoms with E-state index in [-0.39, 0.29) is 51.4 Å². The van der Waals surface area contributed by atoms with Crippen LogP contribution in [0.2, 0.25) is 0 Å². The van der Waals surface area contributed by atoms with Gasteiger partial charge in [0, 0.05) is 4.88 Å². The number of halogens is 3. The van der Waals surface area contributed by atoms with Crippen molar-refractivity contribution in [2.45, 2.75) is 6.10 Å². The van der Waals surface area contributed by atoms with Gasteiger partial charge in [0.15, 0.2) is 0 Å². The van der Waals surface area contributed by atoms with Crippen LogP contribution in [0.4, 0.5) is 12.9 Å². The summed E-state index contributed by atoms with van der Waals surface area (Å²) in [6.07, 6.45) is -0.857. The van der Waals surface area contributed by atoms with E-state index in [9.17, 15) is 18.1 Å². The molecular formula is C11H9BF3KOS. The molecule has 1 N–H and O–H groups in total. The Kier molecular flexibility index (Phi) is 6.11. The molecule has 0 radical (unpaired) electrons. The summed E-state index contributed by atoms with van der Waals surface area (Å²) in [6.45, 7) is -4.97. The molecule has 2 aromatic rings. The Labute approximate surface area is 150 Å². The van der Waals surface area contributed by atoms with Gasteiger partial charge in [-0.2, -0.15) is 0 Å². The molecule has 1 unspecified atom stereocenters. The summed E-state index contributed by atoms with van der Waals surface area (Å²) >= 11 is 1.37. The number of hydrogen-bond donors (Lipinski definition) is 1. The van der Waals surface area contributed by atoms with Crippen LogP contribution in [0.15, 0.2) is 41.8 Å². The molecule has 90 valence electrons. The first-order valence-electron chi connectivity index (χ1n) is 5.00. The second-order valence-corrected chi connectivity index (χ2v) is 4.64. The largest absolute Gasteiger partial charge is 1.00 e. The second kappa shape index (κ2) is 6.69. The Morgan fingerprint density at radius 3 is 2.11 bits per heavy atom. The first kappa shape index (κ1) is 16.4. The topological polar surface area (TPSA) is 20.2 Å². The van der Waals surface area contributed by atoms with Gasteiger partial charge in [0.05, 0.1) is 0 Å². The maximum absolute atomic E-state index is 12.4. The van der Waals surface area contributed by atoms with E-state index in [4.69, 9.17) is 0 Å². The number of hydrogen-bond acceptors (Lipinski definition) is 2. The van der Waals surface area contributed by atoms with Crippen LogP contribution in [0.25, 0.3) is 0 Å². The number of benzene rings is 1. The summed E-state index contributed by atoms with van der Waals surface area (Å²) in [5.41, 5.74) is -0.177. The summed E-state index contributed by atoms with van der Waals surface area (Å²) < 4.78 is 37.2.